The third-order valence-electron chi connectivity index (χ3n) is 6.64. The van der Waals surface area contributed by atoms with Gasteiger partial charge in [0, 0.05) is 11.6 Å². The Balaban J connectivity index is 0.000000136. The second-order valence-corrected chi connectivity index (χ2v) is 8.88. The highest BCUT2D eigenvalue weighted by Crippen LogP contribution is 2.50. The van der Waals surface area contributed by atoms with Crippen molar-refractivity contribution >= 4 is 43.9 Å². The summed E-state index contributed by atoms with van der Waals surface area (Å²) in [7, 11) is 0. The highest BCUT2D eigenvalue weighted by molar-refractivity contribution is 6.27. The Hall–Kier alpha value is -3.10. The van der Waals surface area contributed by atoms with E-state index >= 15 is 0 Å². The molecule has 30 heavy (non-hydrogen) atoms. The number of nitrogens with one attached hydrogen (secondary N) is 1. The topological polar surface area (TPSA) is 32.9 Å². The molecule has 0 fully saturated rings. The van der Waals surface area contributed by atoms with Crippen LogP contribution in [0.4, 0.5) is 0 Å². The van der Waals surface area contributed by atoms with Gasteiger partial charge in [-0.15, -0.1) is 11.6 Å². The zero-order valence-corrected chi connectivity index (χ0v) is 17.2. The van der Waals surface area contributed by atoms with Crippen LogP contribution in [0, 0.1) is 0 Å². The zero-order chi connectivity index (χ0) is 20.3. The zero-order valence-electron chi connectivity index (χ0n) is 16.4. The molecular formula is C27H20ClNO. The van der Waals surface area contributed by atoms with Gasteiger partial charge in [0.1, 0.15) is 0 Å². The van der Waals surface area contributed by atoms with Crippen LogP contribution >= 0.6 is 11.6 Å². The lowest BCUT2D eigenvalue weighted by atomic mass is 9.78. The Labute approximate surface area is 179 Å². The summed E-state index contributed by atoms with van der Waals surface area (Å²) in [6, 6.07) is 25.2. The number of aryl methyl sites for hydroxylation is 1. The van der Waals surface area contributed by atoms with E-state index < -0.39 is 0 Å². The number of rotatable bonds is 0. The number of hydrogen-bond donors (Lipinski definition) is 1. The maximum atomic E-state index is 11.1. The van der Waals surface area contributed by atoms with Gasteiger partial charge < -0.3 is 4.98 Å². The largest absolute Gasteiger partial charge is 0.329 e. The van der Waals surface area contributed by atoms with Gasteiger partial charge in [-0.1, -0.05) is 54.6 Å². The molecule has 3 heteroatoms. The predicted molar refractivity (Wildman–Crippen MR) is 126 cm³/mol. The van der Waals surface area contributed by atoms with Gasteiger partial charge in [-0.25, -0.2) is 0 Å². The predicted octanol–water partition coefficient (Wildman–Crippen LogP) is 6.65. The molecule has 4 aromatic carbocycles. The van der Waals surface area contributed by atoms with E-state index in [1.807, 2.05) is 30.3 Å². The molecule has 0 amide bonds. The Morgan fingerprint density at radius 2 is 1.63 bits per heavy atom. The van der Waals surface area contributed by atoms with Crippen molar-refractivity contribution in [3.8, 4) is 0 Å². The van der Waals surface area contributed by atoms with Crippen molar-refractivity contribution in [1.29, 1.82) is 0 Å². The lowest BCUT2D eigenvalue weighted by Gasteiger charge is -2.34. The van der Waals surface area contributed by atoms with Crippen LogP contribution in [0.15, 0.2) is 83.8 Å². The van der Waals surface area contributed by atoms with E-state index in [4.69, 9.17) is 11.6 Å². The summed E-state index contributed by atoms with van der Waals surface area (Å²) in [6.07, 6.45) is 5.04. The lowest BCUT2D eigenvalue weighted by molar-refractivity contribution is 0.568. The van der Waals surface area contributed by atoms with E-state index in [0.29, 0.717) is 0 Å². The first-order chi connectivity index (χ1) is 14.6. The molecule has 10 rings (SSSR count). The highest BCUT2D eigenvalue weighted by Gasteiger charge is 2.38. The van der Waals surface area contributed by atoms with Gasteiger partial charge in [-0.2, -0.15) is 0 Å². The summed E-state index contributed by atoms with van der Waals surface area (Å²) in [5.41, 5.74) is 4.05. The highest BCUT2D eigenvalue weighted by atomic mass is 35.5. The van der Waals surface area contributed by atoms with Gasteiger partial charge in [0.2, 0.25) is 0 Å². The number of halogens is 1. The SMILES string of the molecule is ClC12CCCc3c1ccc1c3ccc3cc2ccc31.O=c1[nH]ccc2ccccc12. The number of pyridine rings is 1. The first kappa shape index (κ1) is 17.7. The van der Waals surface area contributed by atoms with Crippen molar-refractivity contribution < 1.29 is 0 Å². The third-order valence-corrected chi connectivity index (χ3v) is 7.25. The molecule has 1 heterocycles. The smallest absolute Gasteiger partial charge is 0.255 e. The van der Waals surface area contributed by atoms with Crippen LogP contribution in [0.2, 0.25) is 0 Å². The summed E-state index contributed by atoms with van der Waals surface area (Å²) in [5.74, 6) is 0. The summed E-state index contributed by atoms with van der Waals surface area (Å²) in [5, 5.41) is 7.19. The molecule has 146 valence electrons. The van der Waals surface area contributed by atoms with Crippen molar-refractivity contribution in [2.45, 2.75) is 24.1 Å². The standard InChI is InChI=1S/C18H13Cl.C9H7NO/c19-18-9-1-2-16-15-5-3-11-10-12(18)4-6-13(11)14(15)7-8-17(16)18;11-9-8-4-2-1-3-7(8)5-6-10-9/h3-8,10H,1-2,9H2;1-6H,(H,10,11). The number of aromatic nitrogens is 1. The van der Waals surface area contributed by atoms with E-state index in [1.165, 1.54) is 44.7 Å². The van der Waals surface area contributed by atoms with E-state index in [2.05, 4.69) is 47.4 Å². The monoisotopic (exact) mass is 409 g/mol. The molecule has 1 aromatic heterocycles. The Kier molecular flexibility index (Phi) is 3.81. The van der Waals surface area contributed by atoms with Crippen LogP contribution in [-0.4, -0.2) is 4.98 Å². The number of benzene rings is 4. The van der Waals surface area contributed by atoms with Gasteiger partial charge in [-0.3, -0.25) is 4.79 Å². The van der Waals surface area contributed by atoms with Gasteiger partial charge >= 0.3 is 0 Å². The molecule has 0 saturated carbocycles. The Morgan fingerprint density at radius 3 is 2.53 bits per heavy atom. The van der Waals surface area contributed by atoms with E-state index in [0.717, 1.165) is 23.6 Å². The van der Waals surface area contributed by atoms with Gasteiger partial charge in [0.15, 0.2) is 0 Å². The van der Waals surface area contributed by atoms with E-state index in [1.54, 1.807) is 6.20 Å². The minimum atomic E-state index is -0.315. The fourth-order valence-electron chi connectivity index (χ4n) is 5.17. The summed E-state index contributed by atoms with van der Waals surface area (Å²) in [6.45, 7) is 0. The second kappa shape index (κ2) is 6.45. The normalized spacial score (nSPS) is 18.7. The number of hydrogen-bond acceptors (Lipinski definition) is 1. The second-order valence-electron chi connectivity index (χ2n) is 8.24. The molecule has 5 aliphatic carbocycles. The van der Waals surface area contributed by atoms with Crippen molar-refractivity contribution in [2.75, 3.05) is 0 Å². The molecular weight excluding hydrogens is 390 g/mol. The molecule has 1 atom stereocenters. The van der Waals surface area contributed by atoms with E-state index in [9.17, 15) is 4.79 Å². The van der Waals surface area contributed by atoms with Crippen LogP contribution in [-0.2, 0) is 11.3 Å². The molecule has 1 unspecified atom stereocenters. The number of aromatic amines is 1. The van der Waals surface area contributed by atoms with Gasteiger partial charge in [0.25, 0.3) is 5.56 Å². The molecule has 5 aromatic rings. The van der Waals surface area contributed by atoms with Gasteiger partial charge in [0.05, 0.1) is 4.87 Å². The van der Waals surface area contributed by atoms with Gasteiger partial charge in [-0.05, 0) is 81.1 Å². The maximum Gasteiger partial charge on any atom is 0.255 e. The fourth-order valence-corrected chi connectivity index (χ4v) is 5.60. The molecule has 8 bridgehead atoms. The average molecular weight is 410 g/mol. The van der Waals surface area contributed by atoms with E-state index in [-0.39, 0.29) is 10.4 Å². The van der Waals surface area contributed by atoms with Crippen molar-refractivity contribution in [3.63, 3.8) is 0 Å². The van der Waals surface area contributed by atoms with Crippen LogP contribution in [0.1, 0.15) is 29.5 Å². The third kappa shape index (κ3) is 2.47. The summed E-state index contributed by atoms with van der Waals surface area (Å²) >= 11 is 7.09. The molecule has 0 saturated heterocycles. The Bertz CT molecular complexity index is 1510. The van der Waals surface area contributed by atoms with Crippen molar-refractivity contribution in [1.82, 2.24) is 4.98 Å². The minimum absolute atomic E-state index is 0.0249. The van der Waals surface area contributed by atoms with Crippen LogP contribution < -0.4 is 5.56 Å². The summed E-state index contributed by atoms with van der Waals surface area (Å²) in [4.78, 5) is 13.4. The van der Waals surface area contributed by atoms with Crippen LogP contribution in [0.5, 0.6) is 0 Å². The van der Waals surface area contributed by atoms with Crippen LogP contribution in [0.25, 0.3) is 32.3 Å². The summed E-state index contributed by atoms with van der Waals surface area (Å²) < 4.78 is 0. The number of H-pyrrole nitrogens is 1. The lowest BCUT2D eigenvalue weighted by Crippen LogP contribution is -2.25. The molecule has 1 N–H and O–H groups in total. The maximum absolute atomic E-state index is 11.1. The van der Waals surface area contributed by atoms with Crippen molar-refractivity contribution in [3.05, 3.63) is 106 Å². The molecule has 2 nitrogen and oxygen atoms in total. The Morgan fingerprint density at radius 1 is 0.800 bits per heavy atom. The number of fused-ring (bicyclic) bond motifs is 2. The number of alkyl halides is 1. The first-order valence-electron chi connectivity index (χ1n) is 10.4. The molecule has 0 radical (unpaired) electrons. The first-order valence-corrected chi connectivity index (χ1v) is 10.8. The quantitative estimate of drug-likeness (QED) is 0.225. The molecule has 0 aliphatic heterocycles. The van der Waals surface area contributed by atoms with Crippen molar-refractivity contribution in [2.24, 2.45) is 0 Å². The fraction of sp³-hybridized carbons (Fsp3) is 0.148. The molecule has 5 aliphatic rings. The average Bonchev–Trinajstić information content (AvgIpc) is 2.88. The molecule has 0 spiro atoms. The van der Waals surface area contributed by atoms with Crippen LogP contribution in [0.3, 0.4) is 0 Å². The minimum Gasteiger partial charge on any atom is -0.329 e.